The molecule has 0 saturated heterocycles. The summed E-state index contributed by atoms with van der Waals surface area (Å²) in [5.74, 6) is 7.66. The van der Waals surface area contributed by atoms with E-state index in [2.05, 4.69) is 41.1 Å². The van der Waals surface area contributed by atoms with Crippen molar-refractivity contribution in [3.05, 3.63) is 47.4 Å². The van der Waals surface area contributed by atoms with Gasteiger partial charge in [-0.25, -0.2) is 4.68 Å². The van der Waals surface area contributed by atoms with E-state index in [1.165, 1.54) is 22.0 Å². The molecule has 136 valence electrons. The number of aromatic nitrogens is 3. The number of carbonyl (C=O) groups excluding carboxylic acids is 1. The second-order valence-electron chi connectivity index (χ2n) is 7.47. The number of carbonyl (C=O) groups is 1. The van der Waals surface area contributed by atoms with Crippen LogP contribution in [-0.2, 0) is 10.2 Å². The molecule has 1 saturated carbocycles. The van der Waals surface area contributed by atoms with Crippen LogP contribution in [0.1, 0.15) is 44.0 Å². The summed E-state index contributed by atoms with van der Waals surface area (Å²) in [6.07, 6.45) is 3.99. The molecule has 0 bridgehead atoms. The minimum atomic E-state index is -0.196. The number of likely N-dealkylation sites (N-methyl/N-ethyl adjacent to an activating group) is 1. The Bertz CT molecular complexity index is 897. The lowest BCUT2D eigenvalue weighted by atomic mass is 9.83. The molecule has 1 aromatic carbocycles. The van der Waals surface area contributed by atoms with Crippen molar-refractivity contribution in [3.63, 3.8) is 0 Å². The van der Waals surface area contributed by atoms with Crippen molar-refractivity contribution < 1.29 is 4.79 Å². The first-order valence-electron chi connectivity index (χ1n) is 8.81. The minimum absolute atomic E-state index is 0.0497. The van der Waals surface area contributed by atoms with E-state index in [0.29, 0.717) is 16.8 Å². The molecule has 6 nitrogen and oxygen atoms in total. The number of hydrogen-bond donors (Lipinski definition) is 1. The van der Waals surface area contributed by atoms with Gasteiger partial charge < -0.3 is 10.7 Å². The monoisotopic (exact) mass is 369 g/mol. The van der Waals surface area contributed by atoms with Gasteiger partial charge in [0.05, 0.1) is 5.75 Å². The predicted octanol–water partition coefficient (Wildman–Crippen LogP) is 2.84. The van der Waals surface area contributed by atoms with Crippen molar-refractivity contribution in [1.82, 2.24) is 14.9 Å². The van der Waals surface area contributed by atoms with E-state index in [1.807, 2.05) is 19.2 Å². The minimum Gasteiger partial charge on any atom is -0.347 e. The Labute approximate surface area is 157 Å². The molecule has 1 aliphatic heterocycles. The first-order chi connectivity index (χ1) is 12.4. The number of fused-ring (bicyclic) bond motifs is 1. The normalized spacial score (nSPS) is 19.8. The summed E-state index contributed by atoms with van der Waals surface area (Å²) < 4.78 is 1.53. The quantitative estimate of drug-likeness (QED) is 0.496. The van der Waals surface area contributed by atoms with Crippen molar-refractivity contribution >= 4 is 23.2 Å². The van der Waals surface area contributed by atoms with Gasteiger partial charge in [0.25, 0.3) is 0 Å². The summed E-state index contributed by atoms with van der Waals surface area (Å²) in [7, 11) is 2.01. The van der Waals surface area contributed by atoms with Crippen molar-refractivity contribution in [1.29, 1.82) is 0 Å². The topological polar surface area (TPSA) is 77.0 Å². The highest BCUT2D eigenvalue weighted by Gasteiger charge is 2.38. The number of allylic oxidation sites excluding steroid dienone is 2. The van der Waals surface area contributed by atoms with Crippen LogP contribution in [0.15, 0.2) is 41.2 Å². The summed E-state index contributed by atoms with van der Waals surface area (Å²) in [6, 6.07) is 8.29. The highest BCUT2D eigenvalue weighted by Crippen LogP contribution is 2.46. The van der Waals surface area contributed by atoms with Crippen LogP contribution >= 0.6 is 11.8 Å². The molecule has 0 unspecified atom stereocenters. The Morgan fingerprint density at radius 3 is 2.77 bits per heavy atom. The standard InChI is InChI=1S/C19H23N5OS/c1-19(2)14-6-4-5-7-15(14)23(3)16(19)10-13(25)11-26-18-22-21-17(24(18)20)12-8-9-12/h4-7,10,12H,8-9,11,20H2,1-3H3. The number of ketones is 1. The molecule has 7 heteroatoms. The van der Waals surface area contributed by atoms with Gasteiger partial charge in [0, 0.05) is 35.8 Å². The van der Waals surface area contributed by atoms with Gasteiger partial charge in [0.2, 0.25) is 5.16 Å². The van der Waals surface area contributed by atoms with Crippen LogP contribution in [-0.4, -0.2) is 33.5 Å². The predicted molar refractivity (Wildman–Crippen MR) is 104 cm³/mol. The first-order valence-corrected chi connectivity index (χ1v) is 9.79. The number of rotatable bonds is 5. The fraction of sp³-hybridized carbons (Fsp3) is 0.421. The fourth-order valence-electron chi connectivity index (χ4n) is 3.60. The van der Waals surface area contributed by atoms with Crippen molar-refractivity contribution in [2.24, 2.45) is 0 Å². The lowest BCUT2D eigenvalue weighted by molar-refractivity contribution is -0.112. The van der Waals surface area contributed by atoms with Crippen LogP contribution in [0, 0.1) is 0 Å². The number of hydrogen-bond acceptors (Lipinski definition) is 6. The number of anilines is 1. The zero-order valence-corrected chi connectivity index (χ0v) is 16.1. The molecule has 0 amide bonds. The maximum Gasteiger partial charge on any atom is 0.210 e. The molecular formula is C19H23N5OS. The maximum absolute atomic E-state index is 12.6. The van der Waals surface area contributed by atoms with E-state index < -0.39 is 0 Å². The smallest absolute Gasteiger partial charge is 0.210 e. The summed E-state index contributed by atoms with van der Waals surface area (Å²) in [5.41, 5.74) is 3.21. The largest absolute Gasteiger partial charge is 0.347 e. The van der Waals surface area contributed by atoms with Crippen molar-refractivity contribution in [2.75, 3.05) is 23.5 Å². The molecule has 0 atom stereocenters. The molecule has 0 spiro atoms. The van der Waals surface area contributed by atoms with Crippen molar-refractivity contribution in [2.45, 2.75) is 43.2 Å². The fourth-order valence-corrected chi connectivity index (χ4v) is 4.28. The summed E-state index contributed by atoms with van der Waals surface area (Å²) >= 11 is 1.34. The molecular weight excluding hydrogens is 346 g/mol. The zero-order chi connectivity index (χ0) is 18.5. The Morgan fingerprint density at radius 1 is 1.35 bits per heavy atom. The van der Waals surface area contributed by atoms with E-state index in [9.17, 15) is 4.79 Å². The molecule has 4 rings (SSSR count). The molecule has 26 heavy (non-hydrogen) atoms. The summed E-state index contributed by atoms with van der Waals surface area (Å²) in [5, 5.41) is 8.88. The van der Waals surface area contributed by atoms with E-state index in [0.717, 1.165) is 30.1 Å². The Kier molecular flexibility index (Phi) is 4.06. The highest BCUT2D eigenvalue weighted by atomic mass is 32.2. The Morgan fingerprint density at radius 2 is 2.08 bits per heavy atom. The van der Waals surface area contributed by atoms with Gasteiger partial charge in [0.15, 0.2) is 11.6 Å². The average molecular weight is 369 g/mol. The third kappa shape index (κ3) is 2.80. The van der Waals surface area contributed by atoms with E-state index in [1.54, 1.807) is 6.08 Å². The SMILES string of the molecule is CN1C(=CC(=O)CSc2nnc(C3CC3)n2N)C(C)(C)c2ccccc21. The van der Waals surface area contributed by atoms with Gasteiger partial charge in [-0.2, -0.15) is 0 Å². The number of thioether (sulfide) groups is 1. The third-order valence-electron chi connectivity index (χ3n) is 5.22. The zero-order valence-electron chi connectivity index (χ0n) is 15.3. The van der Waals surface area contributed by atoms with Gasteiger partial charge >= 0.3 is 0 Å². The van der Waals surface area contributed by atoms with Crippen LogP contribution in [0.25, 0.3) is 0 Å². The molecule has 2 heterocycles. The summed E-state index contributed by atoms with van der Waals surface area (Å²) in [4.78, 5) is 14.7. The van der Waals surface area contributed by atoms with E-state index in [4.69, 9.17) is 5.84 Å². The second kappa shape index (κ2) is 6.16. The Balaban J connectivity index is 1.49. The van der Waals surface area contributed by atoms with Gasteiger partial charge in [-0.05, 0) is 24.5 Å². The average Bonchev–Trinajstić information content (AvgIpc) is 3.37. The molecule has 2 N–H and O–H groups in total. The number of para-hydroxylation sites is 1. The van der Waals surface area contributed by atoms with Crippen LogP contribution in [0.5, 0.6) is 0 Å². The number of nitrogens with zero attached hydrogens (tertiary/aromatic N) is 4. The van der Waals surface area contributed by atoms with Gasteiger partial charge in [-0.15, -0.1) is 10.2 Å². The highest BCUT2D eigenvalue weighted by molar-refractivity contribution is 7.99. The van der Waals surface area contributed by atoms with E-state index >= 15 is 0 Å². The van der Waals surface area contributed by atoms with Crippen LogP contribution in [0.4, 0.5) is 5.69 Å². The van der Waals surface area contributed by atoms with E-state index in [-0.39, 0.29) is 11.2 Å². The molecule has 2 aliphatic rings. The van der Waals surface area contributed by atoms with Crippen molar-refractivity contribution in [3.8, 4) is 0 Å². The lowest BCUT2D eigenvalue weighted by Crippen LogP contribution is -2.24. The number of benzene rings is 1. The second-order valence-corrected chi connectivity index (χ2v) is 8.41. The van der Waals surface area contributed by atoms with Gasteiger partial charge in [0.1, 0.15) is 0 Å². The van der Waals surface area contributed by atoms with Gasteiger partial charge in [-0.3, -0.25) is 4.79 Å². The molecule has 1 fully saturated rings. The van der Waals surface area contributed by atoms with Crippen LogP contribution in [0.2, 0.25) is 0 Å². The lowest BCUT2D eigenvalue weighted by Gasteiger charge is -2.23. The third-order valence-corrected chi connectivity index (χ3v) is 6.18. The van der Waals surface area contributed by atoms with Crippen LogP contribution < -0.4 is 10.7 Å². The van der Waals surface area contributed by atoms with Crippen LogP contribution in [0.3, 0.4) is 0 Å². The Hall–Kier alpha value is -2.28. The van der Waals surface area contributed by atoms with Gasteiger partial charge in [-0.1, -0.05) is 43.8 Å². The molecule has 2 aromatic rings. The molecule has 1 aliphatic carbocycles. The molecule has 0 radical (unpaired) electrons. The molecule has 1 aromatic heterocycles. The first kappa shape index (κ1) is 17.1. The summed E-state index contributed by atoms with van der Waals surface area (Å²) in [6.45, 7) is 4.31. The maximum atomic E-state index is 12.6. The number of nitrogen functional groups attached to an aromatic ring is 1. The number of nitrogens with two attached hydrogens (primary N) is 1.